The second-order valence-corrected chi connectivity index (χ2v) is 6.40. The van der Waals surface area contributed by atoms with Crippen LogP contribution in [0.4, 0.5) is 5.69 Å². The van der Waals surface area contributed by atoms with Crippen molar-refractivity contribution in [3.63, 3.8) is 0 Å². The fraction of sp³-hybridized carbons (Fsp3) is 0.235. The Bertz CT molecular complexity index is 680. The Balaban J connectivity index is 2.00. The minimum Gasteiger partial charge on any atom is -0.321 e. The second kappa shape index (κ2) is 4.64. The van der Waals surface area contributed by atoms with E-state index in [0.29, 0.717) is 10.6 Å². The van der Waals surface area contributed by atoms with Crippen LogP contribution < -0.4 is 5.32 Å². The summed E-state index contributed by atoms with van der Waals surface area (Å²) in [6.45, 7) is 4.38. The summed E-state index contributed by atoms with van der Waals surface area (Å²) < 4.78 is 0. The van der Waals surface area contributed by atoms with Crippen molar-refractivity contribution in [3.8, 4) is 0 Å². The first-order chi connectivity index (χ1) is 9.44. The van der Waals surface area contributed by atoms with Gasteiger partial charge in [-0.2, -0.15) is 0 Å². The molecule has 3 rings (SSSR count). The standard InChI is InChI=1S/C17H16ClNO/c1-17(2)7-3-4-11(10-17)8-14-13-6-5-12(18)9-15(13)19-16(14)20/h3-9H,10H2,1-2H3,(H,19,20)/b14-8+. The molecule has 20 heavy (non-hydrogen) atoms. The van der Waals surface area contributed by atoms with Crippen molar-refractivity contribution < 1.29 is 4.79 Å². The highest BCUT2D eigenvalue weighted by Gasteiger charge is 2.25. The van der Waals surface area contributed by atoms with E-state index >= 15 is 0 Å². The van der Waals surface area contributed by atoms with Gasteiger partial charge in [-0.3, -0.25) is 4.79 Å². The molecule has 1 aliphatic heterocycles. The Labute approximate surface area is 123 Å². The number of halogens is 1. The van der Waals surface area contributed by atoms with Gasteiger partial charge in [0, 0.05) is 16.2 Å². The lowest BCUT2D eigenvalue weighted by Gasteiger charge is -2.23. The summed E-state index contributed by atoms with van der Waals surface area (Å²) in [6, 6.07) is 5.49. The van der Waals surface area contributed by atoms with Crippen molar-refractivity contribution in [2.45, 2.75) is 20.3 Å². The molecule has 1 aromatic carbocycles. The largest absolute Gasteiger partial charge is 0.321 e. The van der Waals surface area contributed by atoms with Crippen LogP contribution in [-0.4, -0.2) is 5.91 Å². The van der Waals surface area contributed by atoms with Crippen molar-refractivity contribution in [2.24, 2.45) is 5.41 Å². The number of hydrogen-bond donors (Lipinski definition) is 1. The van der Waals surface area contributed by atoms with Crippen LogP contribution in [0.1, 0.15) is 25.8 Å². The molecule has 1 aliphatic carbocycles. The van der Waals surface area contributed by atoms with Crippen LogP contribution in [0.2, 0.25) is 5.02 Å². The number of rotatable bonds is 1. The smallest absolute Gasteiger partial charge is 0.256 e. The number of carbonyl (C=O) groups is 1. The van der Waals surface area contributed by atoms with E-state index in [2.05, 4.69) is 37.4 Å². The zero-order chi connectivity index (χ0) is 14.3. The number of anilines is 1. The topological polar surface area (TPSA) is 29.1 Å². The van der Waals surface area contributed by atoms with Gasteiger partial charge in [0.25, 0.3) is 5.91 Å². The molecule has 0 bridgehead atoms. The maximum absolute atomic E-state index is 12.1. The van der Waals surface area contributed by atoms with Gasteiger partial charge in [-0.1, -0.05) is 49.7 Å². The minimum atomic E-state index is -0.0597. The van der Waals surface area contributed by atoms with Crippen LogP contribution in [0.3, 0.4) is 0 Å². The predicted octanol–water partition coefficient (Wildman–Crippen LogP) is 4.59. The zero-order valence-corrected chi connectivity index (χ0v) is 12.3. The van der Waals surface area contributed by atoms with E-state index in [1.807, 2.05) is 18.2 Å². The van der Waals surface area contributed by atoms with Gasteiger partial charge >= 0.3 is 0 Å². The third kappa shape index (κ3) is 2.44. The monoisotopic (exact) mass is 285 g/mol. The maximum Gasteiger partial charge on any atom is 0.256 e. The van der Waals surface area contributed by atoms with Crippen LogP contribution in [0, 0.1) is 5.41 Å². The van der Waals surface area contributed by atoms with Crippen molar-refractivity contribution >= 4 is 28.8 Å². The summed E-state index contributed by atoms with van der Waals surface area (Å²) in [7, 11) is 0. The number of benzene rings is 1. The lowest BCUT2D eigenvalue weighted by Crippen LogP contribution is -2.11. The number of hydrogen-bond acceptors (Lipinski definition) is 1. The van der Waals surface area contributed by atoms with Crippen LogP contribution in [0.15, 0.2) is 48.1 Å². The molecular formula is C17H16ClNO. The Morgan fingerprint density at radius 2 is 2.15 bits per heavy atom. The van der Waals surface area contributed by atoms with Crippen molar-refractivity contribution in [2.75, 3.05) is 5.32 Å². The molecule has 0 aromatic heterocycles. The van der Waals surface area contributed by atoms with Crippen molar-refractivity contribution in [1.29, 1.82) is 0 Å². The molecule has 2 nitrogen and oxygen atoms in total. The zero-order valence-electron chi connectivity index (χ0n) is 11.5. The summed E-state index contributed by atoms with van der Waals surface area (Å²) in [5, 5.41) is 3.49. The Hall–Kier alpha value is -1.80. The Morgan fingerprint density at radius 1 is 1.35 bits per heavy atom. The third-order valence-electron chi connectivity index (χ3n) is 3.61. The normalized spacial score (nSPS) is 21.6. The lowest BCUT2D eigenvalue weighted by atomic mass is 9.81. The molecule has 2 aliphatic rings. The van der Waals surface area contributed by atoms with Gasteiger partial charge in [-0.05, 0) is 35.6 Å². The molecule has 0 spiro atoms. The number of nitrogens with one attached hydrogen (secondary N) is 1. The van der Waals surface area contributed by atoms with Crippen LogP contribution >= 0.6 is 11.6 Å². The average molecular weight is 286 g/mol. The molecule has 0 radical (unpaired) electrons. The SMILES string of the molecule is CC1(C)C=CC=C(/C=C2/C(=O)Nc3cc(Cl)ccc32)C1. The first kappa shape index (κ1) is 13.2. The van der Waals surface area contributed by atoms with Gasteiger partial charge in [0.05, 0.1) is 5.69 Å². The van der Waals surface area contributed by atoms with E-state index in [9.17, 15) is 4.79 Å². The fourth-order valence-electron chi connectivity index (χ4n) is 2.67. The van der Waals surface area contributed by atoms with E-state index < -0.39 is 0 Å². The second-order valence-electron chi connectivity index (χ2n) is 5.97. The van der Waals surface area contributed by atoms with Gasteiger partial charge in [-0.15, -0.1) is 0 Å². The van der Waals surface area contributed by atoms with Crippen LogP contribution in [0.25, 0.3) is 5.57 Å². The minimum absolute atomic E-state index is 0.0597. The molecule has 1 heterocycles. The van der Waals surface area contributed by atoms with Gasteiger partial charge in [0.2, 0.25) is 0 Å². The summed E-state index contributed by atoms with van der Waals surface area (Å²) >= 11 is 5.96. The van der Waals surface area contributed by atoms with Gasteiger partial charge in [-0.25, -0.2) is 0 Å². The van der Waals surface area contributed by atoms with E-state index in [1.165, 1.54) is 5.57 Å². The van der Waals surface area contributed by atoms with Crippen molar-refractivity contribution in [1.82, 2.24) is 0 Å². The first-order valence-electron chi connectivity index (χ1n) is 6.66. The molecule has 0 saturated heterocycles. The molecule has 0 saturated carbocycles. The molecule has 0 atom stereocenters. The Morgan fingerprint density at radius 3 is 2.90 bits per heavy atom. The highest BCUT2D eigenvalue weighted by Crippen LogP contribution is 2.37. The van der Waals surface area contributed by atoms with E-state index in [-0.39, 0.29) is 11.3 Å². The fourth-order valence-corrected chi connectivity index (χ4v) is 2.84. The molecule has 1 amide bonds. The van der Waals surface area contributed by atoms with E-state index in [4.69, 9.17) is 11.6 Å². The van der Waals surface area contributed by atoms with Gasteiger partial charge in [0.15, 0.2) is 0 Å². The molecule has 3 heteroatoms. The van der Waals surface area contributed by atoms with Crippen LogP contribution in [-0.2, 0) is 4.79 Å². The summed E-state index contributed by atoms with van der Waals surface area (Å²) in [4.78, 5) is 12.1. The van der Waals surface area contributed by atoms with Gasteiger partial charge in [0.1, 0.15) is 0 Å². The van der Waals surface area contributed by atoms with Gasteiger partial charge < -0.3 is 5.32 Å². The van der Waals surface area contributed by atoms with Crippen LogP contribution in [0.5, 0.6) is 0 Å². The Kier molecular flexibility index (Phi) is 3.06. The third-order valence-corrected chi connectivity index (χ3v) is 3.85. The molecule has 102 valence electrons. The van der Waals surface area contributed by atoms with Crippen molar-refractivity contribution in [3.05, 3.63) is 58.7 Å². The first-order valence-corrected chi connectivity index (χ1v) is 7.04. The summed E-state index contributed by atoms with van der Waals surface area (Å²) in [6.07, 6.45) is 9.24. The van der Waals surface area contributed by atoms with E-state index in [1.54, 1.807) is 6.07 Å². The van der Waals surface area contributed by atoms with E-state index in [0.717, 1.165) is 17.7 Å². The number of fused-ring (bicyclic) bond motifs is 1. The number of carbonyl (C=O) groups excluding carboxylic acids is 1. The summed E-state index contributed by atoms with van der Waals surface area (Å²) in [5.41, 5.74) is 3.74. The molecule has 0 fully saturated rings. The number of allylic oxidation sites excluding steroid dienone is 5. The maximum atomic E-state index is 12.1. The predicted molar refractivity (Wildman–Crippen MR) is 83.7 cm³/mol. The highest BCUT2D eigenvalue weighted by molar-refractivity contribution is 6.34. The molecule has 1 aromatic rings. The molecule has 0 unspecified atom stereocenters. The average Bonchev–Trinajstić information content (AvgIpc) is 2.64. The molecule has 1 N–H and O–H groups in total. The quantitative estimate of drug-likeness (QED) is 0.751. The lowest BCUT2D eigenvalue weighted by molar-refractivity contribution is -0.110. The number of amides is 1. The molecular weight excluding hydrogens is 270 g/mol. The summed E-state index contributed by atoms with van der Waals surface area (Å²) in [5.74, 6) is -0.0597. The highest BCUT2D eigenvalue weighted by atomic mass is 35.5.